The highest BCUT2D eigenvalue weighted by atomic mass is 16.5. The van der Waals surface area contributed by atoms with E-state index in [2.05, 4.69) is 12.1 Å². The smallest absolute Gasteiger partial charge is 0.311 e. The largest absolute Gasteiger partial charge is 0.508 e. The summed E-state index contributed by atoms with van der Waals surface area (Å²) < 4.78 is 17.0. The monoisotopic (exact) mass is 531 g/mol. The number of rotatable bonds is 7. The van der Waals surface area contributed by atoms with Gasteiger partial charge in [0, 0.05) is 30.2 Å². The number of aromatic hydroxyl groups is 1. The Kier molecular flexibility index (Phi) is 8.19. The van der Waals surface area contributed by atoms with Gasteiger partial charge < -0.3 is 24.2 Å². The summed E-state index contributed by atoms with van der Waals surface area (Å²) >= 11 is 0. The first-order valence-corrected chi connectivity index (χ1v) is 13.3. The number of phenolic OH excluding ortho intramolecular Hbond substituents is 1. The van der Waals surface area contributed by atoms with Crippen LogP contribution in [0.3, 0.4) is 0 Å². The lowest BCUT2D eigenvalue weighted by Gasteiger charge is -2.29. The van der Waals surface area contributed by atoms with Crippen LogP contribution in [0.25, 0.3) is 11.1 Å². The molecule has 3 aromatic rings. The highest BCUT2D eigenvalue weighted by Gasteiger charge is 2.29. The molecule has 0 heterocycles. The molecule has 7 nitrogen and oxygen atoms in total. The normalized spacial score (nSPS) is 14.8. The van der Waals surface area contributed by atoms with Crippen molar-refractivity contribution in [1.29, 1.82) is 0 Å². The molecule has 7 heteroatoms. The average Bonchev–Trinajstić information content (AvgIpc) is 2.92. The summed E-state index contributed by atoms with van der Waals surface area (Å²) in [6.45, 7) is 7.94. The fourth-order valence-electron chi connectivity index (χ4n) is 4.82. The Labute approximate surface area is 230 Å². The number of methoxy groups -OCH3 is 2. The number of carbonyl (C=O) groups is 2. The van der Waals surface area contributed by atoms with Crippen LogP contribution < -0.4 is 14.4 Å². The molecule has 0 aliphatic heterocycles. The summed E-state index contributed by atoms with van der Waals surface area (Å²) in [6.07, 6.45) is 2.09. The number of benzene rings is 3. The molecular formula is C32H37NO6. The van der Waals surface area contributed by atoms with Crippen LogP contribution in [0.15, 0.2) is 54.6 Å². The van der Waals surface area contributed by atoms with E-state index in [1.54, 1.807) is 31.3 Å². The van der Waals surface area contributed by atoms with Gasteiger partial charge in [0.25, 0.3) is 5.91 Å². The number of esters is 1. The molecule has 0 aromatic heterocycles. The van der Waals surface area contributed by atoms with Crippen molar-refractivity contribution in [2.24, 2.45) is 5.41 Å². The molecule has 1 atom stereocenters. The number of fused-ring (bicyclic) bond motifs is 1. The van der Waals surface area contributed by atoms with Crippen molar-refractivity contribution >= 4 is 17.6 Å². The van der Waals surface area contributed by atoms with Crippen molar-refractivity contribution in [2.45, 2.75) is 53.1 Å². The number of ether oxygens (including phenoxy) is 3. The van der Waals surface area contributed by atoms with E-state index in [1.165, 1.54) is 17.7 Å². The van der Waals surface area contributed by atoms with Crippen LogP contribution in [0.4, 0.5) is 5.69 Å². The second-order valence-electron chi connectivity index (χ2n) is 10.8. The Balaban J connectivity index is 1.72. The Morgan fingerprint density at radius 1 is 0.949 bits per heavy atom. The maximum atomic E-state index is 13.6. The highest BCUT2D eigenvalue weighted by Crippen LogP contribution is 2.42. The second kappa shape index (κ2) is 11.4. The third kappa shape index (κ3) is 6.03. The molecule has 0 radical (unpaired) electrons. The Morgan fingerprint density at radius 3 is 2.23 bits per heavy atom. The fourth-order valence-corrected chi connectivity index (χ4v) is 4.82. The van der Waals surface area contributed by atoms with Crippen LogP contribution in [-0.4, -0.2) is 43.9 Å². The zero-order chi connectivity index (χ0) is 28.3. The summed E-state index contributed by atoms with van der Waals surface area (Å²) in [5, 5.41) is 9.68. The number of hydrogen-bond acceptors (Lipinski definition) is 6. The Morgan fingerprint density at radius 2 is 1.62 bits per heavy atom. The summed E-state index contributed by atoms with van der Waals surface area (Å²) in [7, 11) is 3.16. The molecule has 1 aliphatic rings. The molecule has 0 saturated carbocycles. The topological polar surface area (TPSA) is 85.3 Å². The van der Waals surface area contributed by atoms with Crippen LogP contribution in [0.1, 0.15) is 55.6 Å². The lowest BCUT2D eigenvalue weighted by Crippen LogP contribution is -2.31. The van der Waals surface area contributed by atoms with Crippen LogP contribution in [0.5, 0.6) is 17.2 Å². The van der Waals surface area contributed by atoms with Crippen LogP contribution >= 0.6 is 0 Å². The van der Waals surface area contributed by atoms with E-state index in [0.717, 1.165) is 29.5 Å². The minimum Gasteiger partial charge on any atom is -0.508 e. The third-order valence-electron chi connectivity index (χ3n) is 7.05. The first-order chi connectivity index (χ1) is 18.5. The standard InChI is InChI=1S/C32H37NO6/c1-7-33(30(35)20-10-13-24(34)14-11-20)27-19-29(38-6)28(37-5)18-26(27)23-9-8-22-17-25(15-12-21(22)16-23)39-31(36)32(2,3)4/h8-11,13-14,16,18-19,25,34H,7,12,15,17H2,1-6H3/t25-/m1/s1. The van der Waals surface area contributed by atoms with E-state index in [9.17, 15) is 14.7 Å². The SMILES string of the molecule is CCN(C(=O)c1ccc(O)cc1)c1cc(OC)c(OC)cc1-c1ccc2c(c1)CC[C@@H](OC(=O)C(C)(C)C)C2. The van der Waals surface area contributed by atoms with Crippen molar-refractivity contribution < 1.29 is 28.9 Å². The molecule has 1 N–H and O–H groups in total. The first kappa shape index (κ1) is 28.0. The predicted molar refractivity (Wildman–Crippen MR) is 152 cm³/mol. The van der Waals surface area contributed by atoms with Gasteiger partial charge in [0.15, 0.2) is 11.5 Å². The van der Waals surface area contributed by atoms with E-state index in [4.69, 9.17) is 14.2 Å². The van der Waals surface area contributed by atoms with Crippen LogP contribution in [0.2, 0.25) is 0 Å². The van der Waals surface area contributed by atoms with Crippen molar-refractivity contribution in [3.05, 3.63) is 71.3 Å². The minimum atomic E-state index is -0.531. The molecule has 0 bridgehead atoms. The summed E-state index contributed by atoms with van der Waals surface area (Å²) in [5.74, 6) is 0.824. The van der Waals surface area contributed by atoms with Crippen molar-refractivity contribution in [2.75, 3.05) is 25.7 Å². The van der Waals surface area contributed by atoms with Gasteiger partial charge in [0.1, 0.15) is 11.9 Å². The van der Waals surface area contributed by atoms with E-state index in [-0.39, 0.29) is 23.7 Å². The number of nitrogens with zero attached hydrogens (tertiary/aromatic N) is 1. The second-order valence-corrected chi connectivity index (χ2v) is 10.8. The van der Waals surface area contributed by atoms with E-state index in [0.29, 0.717) is 35.7 Å². The molecule has 0 unspecified atom stereocenters. The summed E-state index contributed by atoms with van der Waals surface area (Å²) in [5.41, 5.74) is 4.78. The number of hydrogen-bond donors (Lipinski definition) is 1. The number of carbonyl (C=O) groups excluding carboxylic acids is 2. The Bertz CT molecular complexity index is 1360. The maximum Gasteiger partial charge on any atom is 0.311 e. The molecule has 206 valence electrons. The third-order valence-corrected chi connectivity index (χ3v) is 7.05. The predicted octanol–water partition coefficient (Wildman–Crippen LogP) is 6.19. The highest BCUT2D eigenvalue weighted by molar-refractivity contribution is 6.08. The fraction of sp³-hybridized carbons (Fsp3) is 0.375. The molecule has 39 heavy (non-hydrogen) atoms. The quantitative estimate of drug-likeness (QED) is 0.366. The van der Waals surface area contributed by atoms with Crippen molar-refractivity contribution in [3.63, 3.8) is 0 Å². The van der Waals surface area contributed by atoms with Gasteiger partial charge >= 0.3 is 5.97 Å². The van der Waals surface area contributed by atoms with E-state index >= 15 is 0 Å². The number of aryl methyl sites for hydroxylation is 1. The van der Waals surface area contributed by atoms with Gasteiger partial charge in [-0.15, -0.1) is 0 Å². The Hall–Kier alpha value is -4.00. The molecule has 3 aromatic carbocycles. The van der Waals surface area contributed by atoms with Crippen molar-refractivity contribution in [3.8, 4) is 28.4 Å². The van der Waals surface area contributed by atoms with E-state index in [1.807, 2.05) is 45.9 Å². The number of phenols is 1. The number of amides is 1. The average molecular weight is 532 g/mol. The summed E-state index contributed by atoms with van der Waals surface area (Å²) in [4.78, 5) is 27.7. The van der Waals surface area contributed by atoms with Gasteiger partial charge in [-0.05, 0) is 87.6 Å². The van der Waals surface area contributed by atoms with Gasteiger partial charge in [-0.1, -0.05) is 18.2 Å². The van der Waals surface area contributed by atoms with Crippen LogP contribution in [-0.2, 0) is 22.4 Å². The molecule has 1 amide bonds. The maximum absolute atomic E-state index is 13.6. The zero-order valence-electron chi connectivity index (χ0n) is 23.5. The minimum absolute atomic E-state index is 0.103. The zero-order valence-corrected chi connectivity index (χ0v) is 23.5. The van der Waals surface area contributed by atoms with Crippen molar-refractivity contribution in [1.82, 2.24) is 0 Å². The lowest BCUT2D eigenvalue weighted by molar-refractivity contribution is -0.159. The first-order valence-electron chi connectivity index (χ1n) is 13.3. The van der Waals surface area contributed by atoms with Gasteiger partial charge in [0.2, 0.25) is 0 Å². The molecule has 0 fully saturated rings. The van der Waals surface area contributed by atoms with Gasteiger partial charge in [-0.2, -0.15) is 0 Å². The molecule has 4 rings (SSSR count). The van der Waals surface area contributed by atoms with E-state index < -0.39 is 5.41 Å². The summed E-state index contributed by atoms with van der Waals surface area (Å²) in [6, 6.07) is 16.2. The molecule has 0 saturated heterocycles. The van der Waals surface area contributed by atoms with Gasteiger partial charge in [-0.25, -0.2) is 0 Å². The molecule has 1 aliphatic carbocycles. The number of anilines is 1. The molecule has 0 spiro atoms. The lowest BCUT2D eigenvalue weighted by atomic mass is 9.86. The van der Waals surface area contributed by atoms with Gasteiger partial charge in [-0.3, -0.25) is 9.59 Å². The van der Waals surface area contributed by atoms with Gasteiger partial charge in [0.05, 0.1) is 25.3 Å². The molecular weight excluding hydrogens is 494 g/mol. The van der Waals surface area contributed by atoms with Crippen LogP contribution in [0, 0.1) is 5.41 Å².